The van der Waals surface area contributed by atoms with Crippen LogP contribution in [0.25, 0.3) is 0 Å². The van der Waals surface area contributed by atoms with Crippen molar-refractivity contribution in [3.8, 4) is 5.75 Å². The Bertz CT molecular complexity index is 738. The standard InChI is InChI=1S/C16H13NO6/c1-2-22-15(18)11-6-8-14(9-7-11)23-16(19)12-4-3-5-13(10-12)17(20)21/h3-10H,2H2,1H3. The van der Waals surface area contributed by atoms with E-state index in [4.69, 9.17) is 9.47 Å². The number of carbonyl (C=O) groups excluding carboxylic acids is 2. The van der Waals surface area contributed by atoms with Gasteiger partial charge < -0.3 is 9.47 Å². The van der Waals surface area contributed by atoms with E-state index >= 15 is 0 Å². The smallest absolute Gasteiger partial charge is 0.343 e. The van der Waals surface area contributed by atoms with E-state index in [1.165, 1.54) is 42.5 Å². The maximum Gasteiger partial charge on any atom is 0.343 e. The minimum Gasteiger partial charge on any atom is -0.462 e. The molecule has 2 aromatic carbocycles. The van der Waals surface area contributed by atoms with Gasteiger partial charge in [-0.05, 0) is 37.3 Å². The predicted molar refractivity (Wildman–Crippen MR) is 80.5 cm³/mol. The zero-order chi connectivity index (χ0) is 16.8. The Morgan fingerprint density at radius 1 is 1.04 bits per heavy atom. The van der Waals surface area contributed by atoms with Crippen molar-refractivity contribution in [3.05, 3.63) is 69.8 Å². The van der Waals surface area contributed by atoms with Crippen molar-refractivity contribution in [1.82, 2.24) is 0 Å². The van der Waals surface area contributed by atoms with Crippen molar-refractivity contribution in [2.45, 2.75) is 6.92 Å². The Morgan fingerprint density at radius 3 is 2.35 bits per heavy atom. The number of nitro groups is 1. The molecule has 0 radical (unpaired) electrons. The van der Waals surface area contributed by atoms with Crippen LogP contribution < -0.4 is 4.74 Å². The van der Waals surface area contributed by atoms with Crippen LogP contribution in [0, 0.1) is 10.1 Å². The van der Waals surface area contributed by atoms with Crippen LogP contribution in [0.4, 0.5) is 5.69 Å². The van der Waals surface area contributed by atoms with Crippen LogP contribution >= 0.6 is 0 Å². The van der Waals surface area contributed by atoms with Gasteiger partial charge in [0.15, 0.2) is 0 Å². The average Bonchev–Trinajstić information content (AvgIpc) is 2.55. The lowest BCUT2D eigenvalue weighted by Gasteiger charge is -2.05. The van der Waals surface area contributed by atoms with Crippen molar-refractivity contribution < 1.29 is 24.0 Å². The lowest BCUT2D eigenvalue weighted by molar-refractivity contribution is -0.384. The number of hydrogen-bond acceptors (Lipinski definition) is 6. The Kier molecular flexibility index (Phi) is 5.03. The lowest BCUT2D eigenvalue weighted by atomic mass is 10.2. The molecule has 2 rings (SSSR count). The van der Waals surface area contributed by atoms with Gasteiger partial charge in [0.1, 0.15) is 5.75 Å². The van der Waals surface area contributed by atoms with E-state index in [1.54, 1.807) is 6.92 Å². The second-order valence-electron chi connectivity index (χ2n) is 4.44. The molecule has 0 aliphatic heterocycles. The van der Waals surface area contributed by atoms with Crippen LogP contribution in [-0.2, 0) is 4.74 Å². The number of non-ortho nitro benzene ring substituents is 1. The Morgan fingerprint density at radius 2 is 1.74 bits per heavy atom. The van der Waals surface area contributed by atoms with Crippen molar-refractivity contribution >= 4 is 17.6 Å². The van der Waals surface area contributed by atoms with E-state index in [0.29, 0.717) is 5.56 Å². The molecule has 0 atom stereocenters. The van der Waals surface area contributed by atoms with E-state index in [-0.39, 0.29) is 23.6 Å². The normalized spacial score (nSPS) is 9.96. The molecule has 7 nitrogen and oxygen atoms in total. The SMILES string of the molecule is CCOC(=O)c1ccc(OC(=O)c2cccc([N+](=O)[O-])c2)cc1. The summed E-state index contributed by atoms with van der Waals surface area (Å²) in [6.07, 6.45) is 0. The van der Waals surface area contributed by atoms with Crippen LogP contribution in [-0.4, -0.2) is 23.5 Å². The van der Waals surface area contributed by atoms with E-state index in [9.17, 15) is 19.7 Å². The summed E-state index contributed by atoms with van der Waals surface area (Å²) in [4.78, 5) is 33.6. The first kappa shape index (κ1) is 16.2. The van der Waals surface area contributed by atoms with Gasteiger partial charge in [0.05, 0.1) is 22.7 Å². The molecule has 0 fully saturated rings. The summed E-state index contributed by atoms with van der Waals surface area (Å²) in [5.41, 5.74) is 0.202. The fourth-order valence-corrected chi connectivity index (χ4v) is 1.79. The van der Waals surface area contributed by atoms with E-state index in [0.717, 1.165) is 6.07 Å². The van der Waals surface area contributed by atoms with E-state index in [2.05, 4.69) is 0 Å². The molecule has 0 aromatic heterocycles. The molecular formula is C16H13NO6. The summed E-state index contributed by atoms with van der Waals surface area (Å²) < 4.78 is 9.96. The molecule has 0 aliphatic carbocycles. The van der Waals surface area contributed by atoms with E-state index in [1.807, 2.05) is 0 Å². The van der Waals surface area contributed by atoms with Crippen molar-refractivity contribution in [3.63, 3.8) is 0 Å². The second kappa shape index (κ2) is 7.17. The lowest BCUT2D eigenvalue weighted by Crippen LogP contribution is -2.09. The van der Waals surface area contributed by atoms with E-state index < -0.39 is 16.9 Å². The van der Waals surface area contributed by atoms with Crippen LogP contribution in [0.3, 0.4) is 0 Å². The molecule has 0 saturated carbocycles. The highest BCUT2D eigenvalue weighted by Gasteiger charge is 2.14. The Hall–Kier alpha value is -3.22. The van der Waals surface area contributed by atoms with Gasteiger partial charge >= 0.3 is 11.9 Å². The van der Waals surface area contributed by atoms with Gasteiger partial charge in [0.25, 0.3) is 5.69 Å². The zero-order valence-corrected chi connectivity index (χ0v) is 12.2. The molecule has 0 N–H and O–H groups in total. The highest BCUT2D eigenvalue weighted by Crippen LogP contribution is 2.17. The minimum absolute atomic E-state index is 0.0636. The summed E-state index contributed by atoms with van der Waals surface area (Å²) in [7, 11) is 0. The van der Waals surface area contributed by atoms with Gasteiger partial charge in [-0.25, -0.2) is 9.59 Å². The second-order valence-corrected chi connectivity index (χ2v) is 4.44. The molecule has 2 aromatic rings. The molecule has 0 amide bonds. The predicted octanol–water partition coefficient (Wildman–Crippen LogP) is 2.99. The first-order valence-corrected chi connectivity index (χ1v) is 6.75. The zero-order valence-electron chi connectivity index (χ0n) is 12.2. The molecule has 0 bridgehead atoms. The monoisotopic (exact) mass is 315 g/mol. The number of ether oxygens (including phenoxy) is 2. The van der Waals surface area contributed by atoms with Crippen LogP contribution in [0.1, 0.15) is 27.6 Å². The number of hydrogen-bond donors (Lipinski definition) is 0. The number of esters is 2. The largest absolute Gasteiger partial charge is 0.462 e. The highest BCUT2D eigenvalue weighted by atomic mass is 16.6. The molecule has 0 spiro atoms. The quantitative estimate of drug-likeness (QED) is 0.364. The summed E-state index contributed by atoms with van der Waals surface area (Å²) in [6.45, 7) is 1.97. The number of benzene rings is 2. The van der Waals surface area contributed by atoms with Gasteiger partial charge in [-0.15, -0.1) is 0 Å². The Labute approximate surface area is 131 Å². The average molecular weight is 315 g/mol. The van der Waals surface area contributed by atoms with Crippen molar-refractivity contribution in [2.24, 2.45) is 0 Å². The Balaban J connectivity index is 2.10. The molecular weight excluding hydrogens is 302 g/mol. The highest BCUT2D eigenvalue weighted by molar-refractivity contribution is 5.92. The molecule has 0 heterocycles. The first-order valence-electron chi connectivity index (χ1n) is 6.75. The number of carbonyl (C=O) groups is 2. The van der Waals surface area contributed by atoms with Gasteiger partial charge in [-0.1, -0.05) is 6.07 Å². The van der Waals surface area contributed by atoms with Gasteiger partial charge in [0.2, 0.25) is 0 Å². The van der Waals surface area contributed by atoms with Crippen molar-refractivity contribution in [2.75, 3.05) is 6.61 Å². The molecule has 0 aliphatic rings. The molecule has 0 unspecified atom stereocenters. The number of nitro benzene ring substituents is 1. The van der Waals surface area contributed by atoms with Crippen molar-refractivity contribution in [1.29, 1.82) is 0 Å². The number of nitrogens with zero attached hydrogens (tertiary/aromatic N) is 1. The van der Waals surface area contributed by atoms with Crippen LogP contribution in [0.2, 0.25) is 0 Å². The third kappa shape index (κ3) is 4.13. The first-order chi connectivity index (χ1) is 11.0. The molecule has 0 saturated heterocycles. The van der Waals surface area contributed by atoms with Gasteiger partial charge in [-0.3, -0.25) is 10.1 Å². The maximum absolute atomic E-state index is 12.0. The maximum atomic E-state index is 12.0. The number of rotatable bonds is 5. The molecule has 118 valence electrons. The van der Waals surface area contributed by atoms with Crippen LogP contribution in [0.5, 0.6) is 5.75 Å². The van der Waals surface area contributed by atoms with Crippen LogP contribution in [0.15, 0.2) is 48.5 Å². The third-order valence-corrected chi connectivity index (χ3v) is 2.87. The topological polar surface area (TPSA) is 95.7 Å². The van der Waals surface area contributed by atoms with Gasteiger partial charge in [0, 0.05) is 12.1 Å². The summed E-state index contributed by atoms with van der Waals surface area (Å²) in [5.74, 6) is -0.976. The fourth-order valence-electron chi connectivity index (χ4n) is 1.79. The molecule has 23 heavy (non-hydrogen) atoms. The summed E-state index contributed by atoms with van der Waals surface area (Å²) in [5, 5.41) is 10.7. The minimum atomic E-state index is -0.724. The third-order valence-electron chi connectivity index (χ3n) is 2.87. The molecule has 7 heteroatoms. The summed E-state index contributed by atoms with van der Waals surface area (Å²) in [6, 6.07) is 11.1. The summed E-state index contributed by atoms with van der Waals surface area (Å²) >= 11 is 0. The fraction of sp³-hybridized carbons (Fsp3) is 0.125. The van der Waals surface area contributed by atoms with Gasteiger partial charge in [-0.2, -0.15) is 0 Å².